The van der Waals surface area contributed by atoms with Gasteiger partial charge in [-0.05, 0) is 30.9 Å². The lowest BCUT2D eigenvalue weighted by Gasteiger charge is -2.25. The maximum atomic E-state index is 12.5. The van der Waals surface area contributed by atoms with E-state index in [0.717, 1.165) is 5.56 Å². The molecule has 0 unspecified atom stereocenters. The number of carboxylic acids is 1. The van der Waals surface area contributed by atoms with Gasteiger partial charge in [0, 0.05) is 31.0 Å². The van der Waals surface area contributed by atoms with Crippen molar-refractivity contribution >= 4 is 29.6 Å². The molecule has 2 amide bonds. The Hall–Kier alpha value is -4.48. The number of hydrogen-bond acceptors (Lipinski definition) is 8. The van der Waals surface area contributed by atoms with E-state index in [1.807, 2.05) is 30.3 Å². The van der Waals surface area contributed by atoms with Gasteiger partial charge < -0.3 is 25.2 Å². The molecule has 0 heterocycles. The predicted octanol–water partition coefficient (Wildman–Crippen LogP) is 3.69. The number of nitro groups is 1. The van der Waals surface area contributed by atoms with Crippen molar-refractivity contribution in [1.29, 1.82) is 0 Å². The third-order valence-electron chi connectivity index (χ3n) is 5.77. The van der Waals surface area contributed by atoms with Crippen molar-refractivity contribution in [3.8, 4) is 0 Å². The quantitative estimate of drug-likeness (QED) is 0.123. The number of alkyl carbamates (subject to hydrolysis) is 1. The number of carbonyl (C=O) groups excluding carboxylic acids is 3. The van der Waals surface area contributed by atoms with E-state index in [1.54, 1.807) is 6.92 Å². The fourth-order valence-corrected chi connectivity index (χ4v) is 3.80. The molecule has 2 atom stereocenters. The van der Waals surface area contributed by atoms with E-state index in [0.29, 0.717) is 31.4 Å². The number of amides is 2. The molecule has 12 nitrogen and oxygen atoms in total. The molecule has 2 aromatic carbocycles. The van der Waals surface area contributed by atoms with Gasteiger partial charge in [0.05, 0.1) is 18.0 Å². The maximum absolute atomic E-state index is 12.5. The first-order chi connectivity index (χ1) is 18.7. The van der Waals surface area contributed by atoms with Gasteiger partial charge in [0.2, 0.25) is 5.91 Å². The van der Waals surface area contributed by atoms with E-state index in [9.17, 15) is 34.4 Å². The second-order valence-corrected chi connectivity index (χ2v) is 8.65. The first-order valence-electron chi connectivity index (χ1n) is 12.6. The number of hydrogen-bond donors (Lipinski definition) is 3. The molecular weight excluding hydrogens is 510 g/mol. The smallest absolute Gasteiger partial charge is 0.407 e. The van der Waals surface area contributed by atoms with E-state index < -0.39 is 40.8 Å². The molecule has 0 aliphatic heterocycles. The highest BCUT2D eigenvalue weighted by Gasteiger charge is 2.33. The normalized spacial score (nSPS) is 12.0. The zero-order chi connectivity index (χ0) is 28.6. The van der Waals surface area contributed by atoms with Crippen molar-refractivity contribution in [1.82, 2.24) is 10.6 Å². The molecule has 0 spiro atoms. The summed E-state index contributed by atoms with van der Waals surface area (Å²) in [6.07, 6.45) is 0.783. The number of ether oxygens (including phenoxy) is 2. The van der Waals surface area contributed by atoms with Crippen LogP contribution in [-0.4, -0.2) is 53.2 Å². The number of aliphatic carboxylic acids is 1. The van der Waals surface area contributed by atoms with Crippen molar-refractivity contribution in [3.05, 3.63) is 75.8 Å². The number of unbranched alkanes of at least 4 members (excludes halogenated alkanes) is 2. The van der Waals surface area contributed by atoms with Gasteiger partial charge in [-0.2, -0.15) is 0 Å². The molecule has 12 heteroatoms. The van der Waals surface area contributed by atoms with Crippen LogP contribution in [0.2, 0.25) is 0 Å². The van der Waals surface area contributed by atoms with Crippen LogP contribution in [0.4, 0.5) is 10.5 Å². The molecule has 0 saturated carbocycles. The molecule has 3 N–H and O–H groups in total. The number of nitrogens with one attached hydrogen (secondary N) is 2. The summed E-state index contributed by atoms with van der Waals surface area (Å²) in [6, 6.07) is 12.9. The summed E-state index contributed by atoms with van der Waals surface area (Å²) in [4.78, 5) is 58.9. The number of benzene rings is 2. The van der Waals surface area contributed by atoms with Gasteiger partial charge >= 0.3 is 18.0 Å². The van der Waals surface area contributed by atoms with E-state index in [2.05, 4.69) is 10.6 Å². The van der Waals surface area contributed by atoms with Crippen LogP contribution < -0.4 is 10.6 Å². The average molecular weight is 544 g/mol. The lowest BCUT2D eigenvalue weighted by Crippen LogP contribution is -2.45. The monoisotopic (exact) mass is 543 g/mol. The Balaban J connectivity index is 1.84. The molecule has 0 bridgehead atoms. The van der Waals surface area contributed by atoms with Crippen molar-refractivity contribution in [2.75, 3.05) is 13.2 Å². The summed E-state index contributed by atoms with van der Waals surface area (Å²) >= 11 is 0. The molecule has 0 aromatic heterocycles. The maximum Gasteiger partial charge on any atom is 0.407 e. The predicted molar refractivity (Wildman–Crippen MR) is 140 cm³/mol. The van der Waals surface area contributed by atoms with E-state index in [4.69, 9.17) is 9.47 Å². The van der Waals surface area contributed by atoms with Gasteiger partial charge in [-0.25, -0.2) is 9.59 Å². The summed E-state index contributed by atoms with van der Waals surface area (Å²) in [5.74, 6) is -3.53. The summed E-state index contributed by atoms with van der Waals surface area (Å²) in [7, 11) is 0. The summed E-state index contributed by atoms with van der Waals surface area (Å²) in [6.45, 7) is 2.22. The molecule has 0 saturated heterocycles. The summed E-state index contributed by atoms with van der Waals surface area (Å²) in [5, 5.41) is 25.9. The first kappa shape index (κ1) is 30.7. The number of carboxylic acid groups (broad SMARTS) is 1. The van der Waals surface area contributed by atoms with E-state index in [1.165, 1.54) is 24.3 Å². The minimum absolute atomic E-state index is 0.0363. The number of carbonyl (C=O) groups is 4. The summed E-state index contributed by atoms with van der Waals surface area (Å²) in [5.41, 5.74) is 1.02. The molecule has 39 heavy (non-hydrogen) atoms. The zero-order valence-corrected chi connectivity index (χ0v) is 21.7. The molecule has 0 aliphatic carbocycles. The van der Waals surface area contributed by atoms with Crippen molar-refractivity contribution in [3.63, 3.8) is 0 Å². The molecule has 0 fully saturated rings. The van der Waals surface area contributed by atoms with Crippen molar-refractivity contribution in [2.45, 2.75) is 57.6 Å². The fourth-order valence-electron chi connectivity index (χ4n) is 3.80. The Morgan fingerprint density at radius 3 is 2.28 bits per heavy atom. The SMILES string of the molecule is CCOC(=O)C[C@H](c1ccc([N+](=O)[O-])cc1)[C@@H](NC(=O)CCCCCNC(=O)OCc1ccccc1)C(=O)O. The van der Waals surface area contributed by atoms with Gasteiger partial charge in [0.25, 0.3) is 5.69 Å². The molecule has 2 aromatic rings. The van der Waals surface area contributed by atoms with Gasteiger partial charge in [0.15, 0.2) is 0 Å². The number of rotatable bonds is 16. The highest BCUT2D eigenvalue weighted by atomic mass is 16.6. The first-order valence-corrected chi connectivity index (χ1v) is 12.6. The third kappa shape index (κ3) is 11.2. The van der Waals surface area contributed by atoms with Gasteiger partial charge in [-0.3, -0.25) is 19.7 Å². The van der Waals surface area contributed by atoms with Crippen molar-refractivity contribution in [2.24, 2.45) is 0 Å². The minimum Gasteiger partial charge on any atom is -0.480 e. The standard InChI is InChI=1S/C27H33N3O9/c1-2-38-24(32)17-22(20-12-14-21(15-13-20)30(36)37)25(26(33)34)29-23(31)11-7-4-8-16-28-27(35)39-18-19-9-5-3-6-10-19/h3,5-6,9-10,12-15,22,25H,2,4,7-8,11,16-18H2,1H3,(H,28,35)(H,29,31)(H,33,34)/t22-,25-/m1/s1. The van der Waals surface area contributed by atoms with Crippen LogP contribution in [0.25, 0.3) is 0 Å². The van der Waals surface area contributed by atoms with Crippen LogP contribution in [0.5, 0.6) is 0 Å². The zero-order valence-electron chi connectivity index (χ0n) is 21.7. The lowest BCUT2D eigenvalue weighted by atomic mass is 9.88. The highest BCUT2D eigenvalue weighted by molar-refractivity contribution is 5.85. The molecule has 0 radical (unpaired) electrons. The minimum atomic E-state index is -1.45. The van der Waals surface area contributed by atoms with Gasteiger partial charge in [-0.15, -0.1) is 0 Å². The van der Waals surface area contributed by atoms with Gasteiger partial charge in [0.1, 0.15) is 12.6 Å². The van der Waals surface area contributed by atoms with Gasteiger partial charge in [-0.1, -0.05) is 48.9 Å². The second-order valence-electron chi connectivity index (χ2n) is 8.65. The Labute approximate surface area is 225 Å². The topological polar surface area (TPSA) is 174 Å². The number of nitro benzene ring substituents is 1. The largest absolute Gasteiger partial charge is 0.480 e. The van der Waals surface area contributed by atoms with Crippen LogP contribution in [0.3, 0.4) is 0 Å². The molecule has 210 valence electrons. The Morgan fingerprint density at radius 1 is 0.974 bits per heavy atom. The molecular formula is C27H33N3O9. The fraction of sp³-hybridized carbons (Fsp3) is 0.407. The van der Waals surface area contributed by atoms with Crippen LogP contribution in [0.15, 0.2) is 54.6 Å². The highest BCUT2D eigenvalue weighted by Crippen LogP contribution is 2.27. The van der Waals surface area contributed by atoms with Crippen LogP contribution in [0, 0.1) is 10.1 Å². The van der Waals surface area contributed by atoms with E-state index >= 15 is 0 Å². The number of nitrogens with zero attached hydrogens (tertiary/aromatic N) is 1. The molecule has 2 rings (SSSR count). The Morgan fingerprint density at radius 2 is 1.67 bits per heavy atom. The van der Waals surface area contributed by atoms with E-state index in [-0.39, 0.29) is 31.7 Å². The Kier molecular flexibility index (Phi) is 12.9. The van der Waals surface area contributed by atoms with Crippen LogP contribution in [0.1, 0.15) is 56.1 Å². The number of esters is 1. The Bertz CT molecular complexity index is 1110. The number of non-ortho nitro benzene ring substituents is 1. The third-order valence-corrected chi connectivity index (χ3v) is 5.77. The second kappa shape index (κ2) is 16.4. The average Bonchev–Trinajstić information content (AvgIpc) is 2.92. The van der Waals surface area contributed by atoms with Crippen LogP contribution >= 0.6 is 0 Å². The van der Waals surface area contributed by atoms with Crippen LogP contribution in [-0.2, 0) is 30.5 Å². The molecule has 0 aliphatic rings. The van der Waals surface area contributed by atoms with Crippen molar-refractivity contribution < 1.29 is 38.7 Å². The lowest BCUT2D eigenvalue weighted by molar-refractivity contribution is -0.384. The summed E-state index contributed by atoms with van der Waals surface area (Å²) < 4.78 is 10.1.